The number of hydrogen-bond donors (Lipinski definition) is 1. The molecule has 1 aromatic carbocycles. The smallest absolute Gasteiger partial charge is 0.0994 e. The Kier molecular flexibility index (Phi) is 3.38. The highest BCUT2D eigenvalue weighted by molar-refractivity contribution is 5.51. The van der Waals surface area contributed by atoms with Crippen molar-refractivity contribution in [3.05, 3.63) is 29.3 Å². The molecular formula is C15H20N2. The standard InChI is InChI=1S/C15H20N2/c1-3-15(7-4-8-15)11-17-14-6-5-13(10-16)12(2)9-14/h5-6,9,17H,3-4,7-8,11H2,1-2H3. The number of benzene rings is 1. The van der Waals surface area contributed by atoms with Crippen LogP contribution in [0.5, 0.6) is 0 Å². The zero-order valence-electron chi connectivity index (χ0n) is 10.7. The van der Waals surface area contributed by atoms with Crippen LogP contribution in [0.1, 0.15) is 43.7 Å². The van der Waals surface area contributed by atoms with Crippen molar-refractivity contribution in [2.75, 3.05) is 11.9 Å². The number of nitriles is 1. The summed E-state index contributed by atoms with van der Waals surface area (Å²) >= 11 is 0. The second-order valence-electron chi connectivity index (χ2n) is 5.20. The van der Waals surface area contributed by atoms with E-state index >= 15 is 0 Å². The Labute approximate surface area is 104 Å². The Bertz CT molecular complexity index is 433. The molecule has 0 saturated heterocycles. The van der Waals surface area contributed by atoms with Crippen molar-refractivity contribution < 1.29 is 0 Å². The first-order valence-electron chi connectivity index (χ1n) is 6.44. The van der Waals surface area contributed by atoms with Crippen LogP contribution >= 0.6 is 0 Å². The number of nitrogens with one attached hydrogen (secondary N) is 1. The molecule has 0 spiro atoms. The fourth-order valence-corrected chi connectivity index (χ4v) is 2.52. The van der Waals surface area contributed by atoms with Crippen LogP contribution in [0.2, 0.25) is 0 Å². The maximum Gasteiger partial charge on any atom is 0.0994 e. The van der Waals surface area contributed by atoms with E-state index in [4.69, 9.17) is 5.26 Å². The average Bonchev–Trinajstić information content (AvgIpc) is 2.28. The Morgan fingerprint density at radius 3 is 2.65 bits per heavy atom. The topological polar surface area (TPSA) is 35.8 Å². The summed E-state index contributed by atoms with van der Waals surface area (Å²) in [7, 11) is 0. The predicted octanol–water partition coefficient (Wildman–Crippen LogP) is 3.86. The zero-order valence-corrected chi connectivity index (χ0v) is 10.7. The third kappa shape index (κ3) is 2.44. The van der Waals surface area contributed by atoms with E-state index in [0.717, 1.165) is 23.4 Å². The summed E-state index contributed by atoms with van der Waals surface area (Å²) in [5.74, 6) is 0. The molecule has 1 fully saturated rings. The van der Waals surface area contributed by atoms with Gasteiger partial charge in [0.2, 0.25) is 0 Å². The van der Waals surface area contributed by atoms with E-state index in [-0.39, 0.29) is 0 Å². The minimum absolute atomic E-state index is 0.530. The minimum atomic E-state index is 0.530. The van der Waals surface area contributed by atoms with E-state index in [9.17, 15) is 0 Å². The van der Waals surface area contributed by atoms with E-state index in [0.29, 0.717) is 5.41 Å². The maximum atomic E-state index is 8.88. The normalized spacial score (nSPS) is 17.0. The minimum Gasteiger partial charge on any atom is -0.384 e. The summed E-state index contributed by atoms with van der Waals surface area (Å²) in [6, 6.07) is 8.18. The molecule has 1 aliphatic rings. The van der Waals surface area contributed by atoms with Gasteiger partial charge in [-0.2, -0.15) is 5.26 Å². The number of nitrogens with zero attached hydrogens (tertiary/aromatic N) is 1. The summed E-state index contributed by atoms with van der Waals surface area (Å²) < 4.78 is 0. The van der Waals surface area contributed by atoms with E-state index in [1.165, 1.54) is 25.7 Å². The van der Waals surface area contributed by atoms with Crippen molar-refractivity contribution in [2.45, 2.75) is 39.5 Å². The lowest BCUT2D eigenvalue weighted by Gasteiger charge is -2.41. The first kappa shape index (κ1) is 12.0. The van der Waals surface area contributed by atoms with Crippen molar-refractivity contribution >= 4 is 5.69 Å². The molecule has 1 aliphatic carbocycles. The number of anilines is 1. The third-order valence-electron chi connectivity index (χ3n) is 4.18. The second-order valence-corrected chi connectivity index (χ2v) is 5.20. The molecule has 0 unspecified atom stereocenters. The lowest BCUT2D eigenvalue weighted by Crippen LogP contribution is -2.35. The van der Waals surface area contributed by atoms with E-state index in [1.807, 2.05) is 19.1 Å². The lowest BCUT2D eigenvalue weighted by molar-refractivity contribution is 0.145. The fraction of sp³-hybridized carbons (Fsp3) is 0.533. The Morgan fingerprint density at radius 2 is 2.18 bits per heavy atom. The summed E-state index contributed by atoms with van der Waals surface area (Å²) in [5, 5.41) is 12.4. The van der Waals surface area contributed by atoms with Crippen molar-refractivity contribution in [3.63, 3.8) is 0 Å². The van der Waals surface area contributed by atoms with Gasteiger partial charge in [0.05, 0.1) is 11.6 Å². The third-order valence-corrected chi connectivity index (χ3v) is 4.18. The van der Waals surface area contributed by atoms with Crippen molar-refractivity contribution in [2.24, 2.45) is 5.41 Å². The van der Waals surface area contributed by atoms with Crippen LogP contribution in [0, 0.1) is 23.7 Å². The van der Waals surface area contributed by atoms with E-state index in [2.05, 4.69) is 24.4 Å². The number of aryl methyl sites for hydroxylation is 1. The summed E-state index contributed by atoms with van der Waals surface area (Å²) in [6.07, 6.45) is 5.34. The first-order chi connectivity index (χ1) is 8.19. The summed E-state index contributed by atoms with van der Waals surface area (Å²) in [5.41, 5.74) is 3.49. The monoisotopic (exact) mass is 228 g/mol. The Hall–Kier alpha value is -1.49. The van der Waals surface area contributed by atoms with Crippen LogP contribution in [0.15, 0.2) is 18.2 Å². The fourth-order valence-electron chi connectivity index (χ4n) is 2.52. The molecule has 0 aromatic heterocycles. The largest absolute Gasteiger partial charge is 0.384 e. The highest BCUT2D eigenvalue weighted by atomic mass is 14.9. The van der Waals surface area contributed by atoms with E-state index in [1.54, 1.807) is 0 Å². The molecule has 90 valence electrons. The quantitative estimate of drug-likeness (QED) is 0.849. The zero-order chi connectivity index (χ0) is 12.3. The molecule has 1 N–H and O–H groups in total. The second kappa shape index (κ2) is 4.79. The van der Waals surface area contributed by atoms with Gasteiger partial charge in [0.1, 0.15) is 0 Å². The van der Waals surface area contributed by atoms with Gasteiger partial charge in [-0.1, -0.05) is 13.3 Å². The Morgan fingerprint density at radius 1 is 1.41 bits per heavy atom. The molecule has 2 heteroatoms. The molecule has 1 saturated carbocycles. The summed E-state index contributed by atoms with van der Waals surface area (Å²) in [4.78, 5) is 0. The molecule has 0 aliphatic heterocycles. The van der Waals surface area contributed by atoms with Gasteiger partial charge in [-0.15, -0.1) is 0 Å². The maximum absolute atomic E-state index is 8.88. The lowest BCUT2D eigenvalue weighted by atomic mass is 9.67. The predicted molar refractivity (Wildman–Crippen MR) is 71.0 cm³/mol. The van der Waals surface area contributed by atoms with Crippen LogP contribution in [0.3, 0.4) is 0 Å². The van der Waals surface area contributed by atoms with Gasteiger partial charge in [-0.05, 0) is 55.4 Å². The molecule has 17 heavy (non-hydrogen) atoms. The number of hydrogen-bond acceptors (Lipinski definition) is 2. The van der Waals surface area contributed by atoms with Gasteiger partial charge in [0, 0.05) is 12.2 Å². The van der Waals surface area contributed by atoms with Gasteiger partial charge < -0.3 is 5.32 Å². The highest BCUT2D eigenvalue weighted by Crippen LogP contribution is 2.43. The molecule has 0 atom stereocenters. The van der Waals surface area contributed by atoms with Gasteiger partial charge in [0.25, 0.3) is 0 Å². The molecule has 1 aromatic rings. The molecule has 2 rings (SSSR count). The average molecular weight is 228 g/mol. The van der Waals surface area contributed by atoms with Crippen molar-refractivity contribution in [1.29, 1.82) is 5.26 Å². The van der Waals surface area contributed by atoms with Gasteiger partial charge in [0.15, 0.2) is 0 Å². The van der Waals surface area contributed by atoms with Crippen LogP contribution in [-0.2, 0) is 0 Å². The first-order valence-corrected chi connectivity index (χ1v) is 6.44. The number of rotatable bonds is 4. The van der Waals surface area contributed by atoms with Crippen LogP contribution in [-0.4, -0.2) is 6.54 Å². The van der Waals surface area contributed by atoms with Crippen molar-refractivity contribution in [3.8, 4) is 6.07 Å². The van der Waals surface area contributed by atoms with Crippen LogP contribution < -0.4 is 5.32 Å². The SMILES string of the molecule is CCC1(CNc2ccc(C#N)c(C)c2)CCC1. The van der Waals surface area contributed by atoms with E-state index < -0.39 is 0 Å². The molecule has 2 nitrogen and oxygen atoms in total. The molecule has 0 amide bonds. The van der Waals surface area contributed by atoms with Gasteiger partial charge in [-0.3, -0.25) is 0 Å². The molecule has 0 radical (unpaired) electrons. The van der Waals surface area contributed by atoms with Crippen LogP contribution in [0.4, 0.5) is 5.69 Å². The van der Waals surface area contributed by atoms with Crippen molar-refractivity contribution in [1.82, 2.24) is 0 Å². The van der Waals surface area contributed by atoms with Gasteiger partial charge in [-0.25, -0.2) is 0 Å². The molecule has 0 heterocycles. The van der Waals surface area contributed by atoms with Gasteiger partial charge >= 0.3 is 0 Å². The summed E-state index contributed by atoms with van der Waals surface area (Å²) in [6.45, 7) is 5.34. The molecule has 0 bridgehead atoms. The van der Waals surface area contributed by atoms with Crippen LogP contribution in [0.25, 0.3) is 0 Å². The Balaban J connectivity index is 2.00. The molecular weight excluding hydrogens is 208 g/mol. The highest BCUT2D eigenvalue weighted by Gasteiger charge is 2.34.